The van der Waals surface area contributed by atoms with Gasteiger partial charge < -0.3 is 20.1 Å². The third kappa shape index (κ3) is 5.30. The van der Waals surface area contributed by atoms with E-state index in [4.69, 9.17) is 15.2 Å². The van der Waals surface area contributed by atoms with Crippen molar-refractivity contribution in [1.82, 2.24) is 19.6 Å². The molecule has 24 heavy (non-hydrogen) atoms. The van der Waals surface area contributed by atoms with Gasteiger partial charge in [-0.15, -0.1) is 5.10 Å². The number of anilines is 1. The maximum atomic E-state index is 12.0. The number of nitrogens with two attached hydrogens (primary N) is 1. The van der Waals surface area contributed by atoms with E-state index in [0.717, 1.165) is 32.6 Å². The first kappa shape index (κ1) is 18.4. The van der Waals surface area contributed by atoms with Gasteiger partial charge in [0.2, 0.25) is 0 Å². The molecule has 1 saturated heterocycles. The molecule has 0 bridgehead atoms. The third-order valence-electron chi connectivity index (χ3n) is 3.83. The first-order valence-electron chi connectivity index (χ1n) is 8.35. The van der Waals surface area contributed by atoms with Crippen molar-refractivity contribution >= 4 is 11.8 Å². The van der Waals surface area contributed by atoms with Gasteiger partial charge in [-0.2, -0.15) is 0 Å². The molecule has 0 saturated carbocycles. The molecule has 8 heteroatoms. The van der Waals surface area contributed by atoms with E-state index in [1.807, 2.05) is 25.5 Å². The van der Waals surface area contributed by atoms with Crippen molar-refractivity contribution in [2.45, 2.75) is 39.3 Å². The van der Waals surface area contributed by atoms with Crippen molar-refractivity contribution in [3.8, 4) is 5.88 Å². The average Bonchev–Trinajstić information content (AvgIpc) is 2.86. The van der Waals surface area contributed by atoms with Gasteiger partial charge >= 0.3 is 6.09 Å². The number of nitrogens with zero attached hydrogens (tertiary/aromatic N) is 4. The lowest BCUT2D eigenvalue weighted by atomic mass is 10.2. The summed E-state index contributed by atoms with van der Waals surface area (Å²) < 4.78 is 12.3. The highest BCUT2D eigenvalue weighted by Crippen LogP contribution is 2.17. The molecule has 1 aliphatic heterocycles. The molecule has 1 fully saturated rings. The summed E-state index contributed by atoms with van der Waals surface area (Å²) in [5, 5.41) is 4.26. The molecule has 1 amide bonds. The molecule has 0 radical (unpaired) electrons. The molecule has 8 nitrogen and oxygen atoms in total. The molecule has 1 aromatic heterocycles. The van der Waals surface area contributed by atoms with Gasteiger partial charge in [0.15, 0.2) is 0 Å². The van der Waals surface area contributed by atoms with Gasteiger partial charge in [0, 0.05) is 39.3 Å². The highest BCUT2D eigenvalue weighted by atomic mass is 16.6. The van der Waals surface area contributed by atoms with Gasteiger partial charge in [-0.25, -0.2) is 4.79 Å². The summed E-state index contributed by atoms with van der Waals surface area (Å²) in [6.45, 7) is 10.6. The maximum Gasteiger partial charge on any atom is 0.410 e. The fraction of sp³-hybridized carbons (Fsp3) is 0.750. The van der Waals surface area contributed by atoms with Crippen molar-refractivity contribution in [1.29, 1.82) is 0 Å². The second kappa shape index (κ2) is 7.74. The molecular weight excluding hydrogens is 310 g/mol. The van der Waals surface area contributed by atoms with Crippen LogP contribution in [0.3, 0.4) is 0 Å². The van der Waals surface area contributed by atoms with Crippen molar-refractivity contribution < 1.29 is 14.3 Å². The highest BCUT2D eigenvalue weighted by molar-refractivity contribution is 5.68. The van der Waals surface area contributed by atoms with Gasteiger partial charge in [-0.1, -0.05) is 0 Å². The third-order valence-corrected chi connectivity index (χ3v) is 3.83. The van der Waals surface area contributed by atoms with Crippen LogP contribution < -0.4 is 10.5 Å². The Labute approximate surface area is 143 Å². The molecule has 1 aliphatic rings. The zero-order valence-corrected chi connectivity index (χ0v) is 15.1. The Balaban J connectivity index is 1.68. The number of carbonyl (C=O) groups excluding carboxylic acids is 1. The maximum absolute atomic E-state index is 12.0. The van der Waals surface area contributed by atoms with Crippen molar-refractivity contribution in [3.05, 3.63) is 6.20 Å². The molecule has 136 valence electrons. The van der Waals surface area contributed by atoms with E-state index in [2.05, 4.69) is 10.00 Å². The van der Waals surface area contributed by atoms with Gasteiger partial charge in [0.1, 0.15) is 11.3 Å². The molecule has 1 aromatic rings. The van der Waals surface area contributed by atoms with E-state index in [1.54, 1.807) is 18.2 Å². The van der Waals surface area contributed by atoms with Crippen LogP contribution in [0.2, 0.25) is 0 Å². The number of nitrogen functional groups attached to an aromatic ring is 1. The Morgan fingerprint density at radius 1 is 1.25 bits per heavy atom. The smallest absolute Gasteiger partial charge is 0.410 e. The number of ether oxygens (including phenoxy) is 2. The average molecular weight is 339 g/mol. The zero-order chi connectivity index (χ0) is 17.7. The Kier molecular flexibility index (Phi) is 5.93. The van der Waals surface area contributed by atoms with Crippen LogP contribution in [-0.4, -0.2) is 71.1 Å². The topological polar surface area (TPSA) is 85.8 Å². The number of rotatable bonds is 5. The van der Waals surface area contributed by atoms with Crippen LogP contribution in [0, 0.1) is 0 Å². The van der Waals surface area contributed by atoms with Crippen molar-refractivity contribution in [2.24, 2.45) is 0 Å². The molecule has 0 aromatic carbocycles. The molecule has 2 rings (SSSR count). The van der Waals surface area contributed by atoms with E-state index < -0.39 is 5.60 Å². The summed E-state index contributed by atoms with van der Waals surface area (Å²) >= 11 is 0. The quantitative estimate of drug-likeness (QED) is 0.873. The van der Waals surface area contributed by atoms with Crippen LogP contribution in [0.15, 0.2) is 6.20 Å². The number of aromatic nitrogens is 2. The summed E-state index contributed by atoms with van der Waals surface area (Å²) in [5.74, 6) is 0.473. The number of carbonyl (C=O) groups is 1. The predicted octanol–water partition coefficient (Wildman–Crippen LogP) is 1.42. The second-order valence-electron chi connectivity index (χ2n) is 7.02. The number of hydrogen-bond donors (Lipinski definition) is 1. The van der Waals surface area contributed by atoms with Crippen LogP contribution in [0.5, 0.6) is 5.88 Å². The van der Waals surface area contributed by atoms with Gasteiger partial charge in [0.25, 0.3) is 5.88 Å². The number of methoxy groups -OCH3 is 1. The van der Waals surface area contributed by atoms with Crippen LogP contribution in [0.1, 0.15) is 27.2 Å². The van der Waals surface area contributed by atoms with Crippen LogP contribution in [-0.2, 0) is 11.3 Å². The standard InChI is InChI=1S/C16H29N5O3/c1-16(2,3)24-15(22)20-10-8-19(9-11-20)6-5-7-21-12-13(17)14(18-21)23-4/h12H,5-11,17H2,1-4H3. The Morgan fingerprint density at radius 3 is 2.46 bits per heavy atom. The van der Waals surface area contributed by atoms with Crippen LogP contribution >= 0.6 is 0 Å². The second-order valence-corrected chi connectivity index (χ2v) is 7.02. The summed E-state index contributed by atoms with van der Waals surface area (Å²) in [5.41, 5.74) is 5.90. The minimum Gasteiger partial charge on any atom is -0.478 e. The van der Waals surface area contributed by atoms with Gasteiger partial charge in [-0.3, -0.25) is 9.58 Å². The molecule has 0 aliphatic carbocycles. The number of piperazine rings is 1. The van der Waals surface area contributed by atoms with E-state index in [-0.39, 0.29) is 6.09 Å². The minimum absolute atomic E-state index is 0.221. The Morgan fingerprint density at radius 2 is 1.92 bits per heavy atom. The molecule has 0 spiro atoms. The normalized spacial score (nSPS) is 16.2. The van der Waals surface area contributed by atoms with E-state index in [0.29, 0.717) is 24.7 Å². The van der Waals surface area contributed by atoms with E-state index >= 15 is 0 Å². The minimum atomic E-state index is -0.444. The molecule has 2 N–H and O–H groups in total. The number of aryl methyl sites for hydroxylation is 1. The first-order chi connectivity index (χ1) is 11.3. The summed E-state index contributed by atoms with van der Waals surface area (Å²) in [6.07, 6.45) is 2.54. The zero-order valence-electron chi connectivity index (χ0n) is 15.1. The highest BCUT2D eigenvalue weighted by Gasteiger charge is 2.25. The van der Waals surface area contributed by atoms with Crippen molar-refractivity contribution in [3.63, 3.8) is 0 Å². The lowest BCUT2D eigenvalue weighted by molar-refractivity contribution is 0.0144. The van der Waals surface area contributed by atoms with Gasteiger partial charge in [-0.05, 0) is 27.2 Å². The molecule has 2 heterocycles. The molecular formula is C16H29N5O3. The summed E-state index contributed by atoms with van der Waals surface area (Å²) in [4.78, 5) is 16.2. The van der Waals surface area contributed by atoms with E-state index in [1.165, 1.54) is 0 Å². The fourth-order valence-electron chi connectivity index (χ4n) is 2.63. The summed E-state index contributed by atoms with van der Waals surface area (Å²) in [7, 11) is 1.56. The Bertz CT molecular complexity index is 544. The first-order valence-corrected chi connectivity index (χ1v) is 8.35. The predicted molar refractivity (Wildman–Crippen MR) is 92.1 cm³/mol. The Hall–Kier alpha value is -1.96. The number of hydrogen-bond acceptors (Lipinski definition) is 6. The molecule has 0 unspecified atom stereocenters. The van der Waals surface area contributed by atoms with Crippen molar-refractivity contribution in [2.75, 3.05) is 45.6 Å². The largest absolute Gasteiger partial charge is 0.478 e. The lowest BCUT2D eigenvalue weighted by Crippen LogP contribution is -2.50. The monoisotopic (exact) mass is 339 g/mol. The fourth-order valence-corrected chi connectivity index (χ4v) is 2.63. The SMILES string of the molecule is COc1nn(CCCN2CCN(C(=O)OC(C)(C)C)CC2)cc1N. The van der Waals surface area contributed by atoms with Crippen LogP contribution in [0.25, 0.3) is 0 Å². The lowest BCUT2D eigenvalue weighted by Gasteiger charge is -2.35. The summed E-state index contributed by atoms with van der Waals surface area (Å²) in [6, 6.07) is 0. The van der Waals surface area contributed by atoms with E-state index in [9.17, 15) is 4.79 Å². The number of amides is 1. The molecule has 0 atom stereocenters. The van der Waals surface area contributed by atoms with Gasteiger partial charge in [0.05, 0.1) is 13.3 Å². The van der Waals surface area contributed by atoms with Crippen LogP contribution in [0.4, 0.5) is 10.5 Å².